The maximum absolute atomic E-state index is 12.9. The molecule has 0 radical (unpaired) electrons. The minimum atomic E-state index is -0.368. The van der Waals surface area contributed by atoms with Crippen molar-refractivity contribution in [2.75, 3.05) is 5.32 Å². The van der Waals surface area contributed by atoms with Crippen LogP contribution in [0.5, 0.6) is 0 Å². The van der Waals surface area contributed by atoms with Crippen molar-refractivity contribution in [2.24, 2.45) is 0 Å². The fraction of sp³-hybridized carbons (Fsp3) is 0.0417. The number of rotatable bonds is 3. The number of hydrogen-bond donors (Lipinski definition) is 2. The van der Waals surface area contributed by atoms with Crippen molar-refractivity contribution in [2.45, 2.75) is 6.92 Å². The summed E-state index contributed by atoms with van der Waals surface area (Å²) in [5.41, 5.74) is 5.59. The molecule has 0 fully saturated rings. The minimum Gasteiger partial charge on any atom is -0.422 e. The van der Waals surface area contributed by atoms with E-state index in [1.165, 1.54) is 5.56 Å². The molecule has 0 spiro atoms. The van der Waals surface area contributed by atoms with Gasteiger partial charge in [-0.25, -0.2) is 4.79 Å². The zero-order chi connectivity index (χ0) is 20.0. The highest BCUT2D eigenvalue weighted by atomic mass is 79.9. The molecule has 2 heterocycles. The van der Waals surface area contributed by atoms with Crippen LogP contribution in [0.4, 0.5) is 11.4 Å². The first kappa shape index (κ1) is 17.8. The first-order valence-corrected chi connectivity index (χ1v) is 10.1. The van der Waals surface area contributed by atoms with E-state index in [-0.39, 0.29) is 5.63 Å². The van der Waals surface area contributed by atoms with Gasteiger partial charge in [0.2, 0.25) is 0 Å². The summed E-state index contributed by atoms with van der Waals surface area (Å²) in [5.74, 6) is 0. The summed E-state index contributed by atoms with van der Waals surface area (Å²) in [6, 6.07) is 23.6. The van der Waals surface area contributed by atoms with Crippen LogP contribution in [0, 0.1) is 6.92 Å². The number of benzene rings is 3. The monoisotopic (exact) mass is 444 g/mol. The summed E-state index contributed by atoms with van der Waals surface area (Å²) < 4.78 is 6.61. The van der Waals surface area contributed by atoms with Crippen LogP contribution < -0.4 is 10.9 Å². The van der Waals surface area contributed by atoms with Gasteiger partial charge in [-0.05, 0) is 43.3 Å². The minimum absolute atomic E-state index is 0.368. The molecule has 0 amide bonds. The molecular formula is C24H17BrN2O2. The maximum atomic E-state index is 12.9. The number of halogens is 1. The molecule has 5 aromatic rings. The number of para-hydroxylation sites is 1. The molecule has 0 aliphatic carbocycles. The molecule has 0 unspecified atom stereocenters. The Morgan fingerprint density at radius 3 is 2.41 bits per heavy atom. The normalized spacial score (nSPS) is 11.2. The zero-order valence-electron chi connectivity index (χ0n) is 15.6. The van der Waals surface area contributed by atoms with Crippen molar-refractivity contribution >= 4 is 49.2 Å². The second kappa shape index (κ2) is 6.94. The Kier molecular flexibility index (Phi) is 4.25. The lowest BCUT2D eigenvalue weighted by Gasteiger charge is -2.09. The van der Waals surface area contributed by atoms with Crippen LogP contribution in [-0.4, -0.2) is 4.98 Å². The van der Waals surface area contributed by atoms with E-state index in [0.29, 0.717) is 16.7 Å². The van der Waals surface area contributed by atoms with E-state index in [9.17, 15) is 4.79 Å². The Morgan fingerprint density at radius 2 is 1.66 bits per heavy atom. The number of anilines is 2. The summed E-state index contributed by atoms with van der Waals surface area (Å²) >= 11 is 3.46. The van der Waals surface area contributed by atoms with E-state index in [4.69, 9.17) is 4.42 Å². The van der Waals surface area contributed by atoms with Gasteiger partial charge < -0.3 is 14.7 Å². The number of H-pyrrole nitrogens is 1. The largest absolute Gasteiger partial charge is 0.422 e. The topological polar surface area (TPSA) is 58.0 Å². The molecule has 0 saturated carbocycles. The van der Waals surface area contributed by atoms with E-state index < -0.39 is 0 Å². The first-order valence-electron chi connectivity index (χ1n) is 9.27. The van der Waals surface area contributed by atoms with Gasteiger partial charge in [0.25, 0.3) is 0 Å². The molecule has 0 aliphatic heterocycles. The van der Waals surface area contributed by atoms with Crippen LogP contribution in [0.25, 0.3) is 33.1 Å². The van der Waals surface area contributed by atoms with Crippen LogP contribution >= 0.6 is 15.9 Å². The number of aromatic amines is 1. The molecule has 2 N–H and O–H groups in total. The molecule has 29 heavy (non-hydrogen) atoms. The van der Waals surface area contributed by atoms with E-state index in [1.807, 2.05) is 48.5 Å². The van der Waals surface area contributed by atoms with Crippen molar-refractivity contribution < 1.29 is 4.42 Å². The number of hydrogen-bond acceptors (Lipinski definition) is 3. The Morgan fingerprint density at radius 1 is 0.931 bits per heavy atom. The van der Waals surface area contributed by atoms with Gasteiger partial charge in [0.15, 0.2) is 0 Å². The van der Waals surface area contributed by atoms with Crippen molar-refractivity contribution in [3.05, 3.63) is 93.3 Å². The van der Waals surface area contributed by atoms with Gasteiger partial charge in [0, 0.05) is 21.1 Å². The van der Waals surface area contributed by atoms with Gasteiger partial charge in [-0.3, -0.25) is 0 Å². The summed E-state index contributed by atoms with van der Waals surface area (Å²) in [5, 5.41) is 4.82. The SMILES string of the molecule is Cc1ccc(-c2[nH]c3c(c2Nc2ccc(Br)cc2)c(=O)oc2ccccc23)cc1. The highest BCUT2D eigenvalue weighted by Crippen LogP contribution is 2.38. The molecule has 5 rings (SSSR count). The Bertz CT molecular complexity index is 1400. The van der Waals surface area contributed by atoms with Gasteiger partial charge in [-0.15, -0.1) is 0 Å². The third-order valence-corrected chi connectivity index (χ3v) is 5.55. The number of aryl methyl sites for hydroxylation is 1. The van der Waals surface area contributed by atoms with Gasteiger partial charge in [0.1, 0.15) is 11.0 Å². The van der Waals surface area contributed by atoms with Crippen molar-refractivity contribution in [3.63, 3.8) is 0 Å². The number of aromatic nitrogens is 1. The molecule has 0 atom stereocenters. The van der Waals surface area contributed by atoms with Crippen LogP contribution in [0.2, 0.25) is 0 Å². The third-order valence-electron chi connectivity index (χ3n) is 5.02. The smallest absolute Gasteiger partial charge is 0.347 e. The molecule has 142 valence electrons. The summed E-state index contributed by atoms with van der Waals surface area (Å²) in [7, 11) is 0. The number of nitrogens with one attached hydrogen (secondary N) is 2. The summed E-state index contributed by atoms with van der Waals surface area (Å²) in [6.45, 7) is 2.05. The summed E-state index contributed by atoms with van der Waals surface area (Å²) in [6.07, 6.45) is 0. The third kappa shape index (κ3) is 3.13. The highest BCUT2D eigenvalue weighted by Gasteiger charge is 2.20. The first-order chi connectivity index (χ1) is 14.1. The van der Waals surface area contributed by atoms with E-state index >= 15 is 0 Å². The standard InChI is InChI=1S/C24H17BrN2O2/c1-14-6-8-15(9-7-14)21-23(26-17-12-10-16(25)11-13-17)20-22(27-21)18-4-2-3-5-19(18)29-24(20)28/h2-13,26-27H,1H3. The van der Waals surface area contributed by atoms with Gasteiger partial charge >= 0.3 is 5.63 Å². The Balaban J connectivity index is 1.82. The predicted octanol–water partition coefficient (Wildman–Crippen LogP) is 6.76. The quantitative estimate of drug-likeness (QED) is 0.302. The maximum Gasteiger partial charge on any atom is 0.347 e. The number of fused-ring (bicyclic) bond motifs is 3. The highest BCUT2D eigenvalue weighted by molar-refractivity contribution is 9.10. The van der Waals surface area contributed by atoms with Crippen molar-refractivity contribution in [3.8, 4) is 11.3 Å². The fourth-order valence-electron chi connectivity index (χ4n) is 3.56. The van der Waals surface area contributed by atoms with Gasteiger partial charge in [-0.2, -0.15) is 0 Å². The molecule has 0 saturated heterocycles. The van der Waals surface area contributed by atoms with E-state index in [2.05, 4.69) is 57.4 Å². The molecule has 3 aromatic carbocycles. The predicted molar refractivity (Wildman–Crippen MR) is 122 cm³/mol. The van der Waals surface area contributed by atoms with Crippen LogP contribution in [0.1, 0.15) is 5.56 Å². The lowest BCUT2D eigenvalue weighted by atomic mass is 10.1. The van der Waals surface area contributed by atoms with Crippen LogP contribution in [0.3, 0.4) is 0 Å². The molecule has 2 aromatic heterocycles. The second-order valence-electron chi connectivity index (χ2n) is 7.01. The van der Waals surface area contributed by atoms with Crippen LogP contribution in [-0.2, 0) is 0 Å². The molecule has 0 bridgehead atoms. The lowest BCUT2D eigenvalue weighted by Crippen LogP contribution is -2.01. The molecule has 4 nitrogen and oxygen atoms in total. The van der Waals surface area contributed by atoms with Crippen molar-refractivity contribution in [1.82, 2.24) is 4.98 Å². The second-order valence-corrected chi connectivity index (χ2v) is 7.92. The summed E-state index contributed by atoms with van der Waals surface area (Å²) in [4.78, 5) is 16.4. The lowest BCUT2D eigenvalue weighted by molar-refractivity contribution is 0.570. The fourth-order valence-corrected chi connectivity index (χ4v) is 3.82. The molecular weight excluding hydrogens is 428 g/mol. The molecule has 0 aliphatic rings. The Labute approximate surface area is 175 Å². The van der Waals surface area contributed by atoms with E-state index in [0.717, 1.165) is 32.3 Å². The Hall–Kier alpha value is -3.31. The molecule has 5 heteroatoms. The van der Waals surface area contributed by atoms with Gasteiger partial charge in [0.05, 0.1) is 16.9 Å². The van der Waals surface area contributed by atoms with Gasteiger partial charge in [-0.1, -0.05) is 57.9 Å². The van der Waals surface area contributed by atoms with E-state index in [1.54, 1.807) is 0 Å². The average Bonchev–Trinajstić information content (AvgIpc) is 3.10. The van der Waals surface area contributed by atoms with Crippen molar-refractivity contribution in [1.29, 1.82) is 0 Å². The average molecular weight is 445 g/mol. The zero-order valence-corrected chi connectivity index (χ0v) is 17.2. The van der Waals surface area contributed by atoms with Crippen LogP contribution in [0.15, 0.2) is 86.5 Å².